The minimum atomic E-state index is -3.63. The summed E-state index contributed by atoms with van der Waals surface area (Å²) in [6.45, 7) is 3.71. The Morgan fingerprint density at radius 3 is 2.84 bits per heavy atom. The number of rotatable bonds is 4. The summed E-state index contributed by atoms with van der Waals surface area (Å²) in [6, 6.07) is 4.55. The van der Waals surface area contributed by atoms with Gasteiger partial charge in [-0.25, -0.2) is 18.4 Å². The van der Waals surface area contributed by atoms with Crippen LogP contribution in [0.25, 0.3) is 10.2 Å². The minimum absolute atomic E-state index is 0.140. The third-order valence-electron chi connectivity index (χ3n) is 5.77. The molecule has 3 heterocycles. The maximum absolute atomic E-state index is 12.9. The van der Waals surface area contributed by atoms with Gasteiger partial charge in [-0.3, -0.25) is 0 Å². The van der Waals surface area contributed by atoms with E-state index in [0.717, 1.165) is 29.5 Å². The lowest BCUT2D eigenvalue weighted by molar-refractivity contribution is 0.0730. The Morgan fingerprint density at radius 2 is 2.06 bits per heavy atom. The van der Waals surface area contributed by atoms with Crippen LogP contribution < -0.4 is 4.74 Å². The van der Waals surface area contributed by atoms with Gasteiger partial charge < -0.3 is 9.47 Å². The summed E-state index contributed by atoms with van der Waals surface area (Å²) in [4.78, 5) is 11.2. The first kappa shape index (κ1) is 21.1. The van der Waals surface area contributed by atoms with Crippen LogP contribution >= 0.6 is 22.9 Å². The standard InChI is InChI=1S/C21H22ClN3O4S2/c1-13-2-4-15-18(10-13)30-21-19(15)20(23-12-24-21)29-17-5-3-14(11-16(17)22)31(26,27)25-6-8-28-9-7-25/h3,5,11-13H,2,4,6-10H2,1H3/t13-/m1/s1. The van der Waals surface area contributed by atoms with Gasteiger partial charge in [0.25, 0.3) is 0 Å². The van der Waals surface area contributed by atoms with E-state index in [2.05, 4.69) is 16.9 Å². The molecule has 0 bridgehead atoms. The van der Waals surface area contributed by atoms with Crippen molar-refractivity contribution >= 4 is 43.2 Å². The molecule has 0 unspecified atom stereocenters. The lowest BCUT2D eigenvalue weighted by Crippen LogP contribution is -2.40. The Balaban J connectivity index is 1.47. The molecule has 1 aliphatic carbocycles. The second-order valence-corrected chi connectivity index (χ2v) is 11.4. The fourth-order valence-electron chi connectivity index (χ4n) is 4.09. The number of hydrogen-bond donors (Lipinski definition) is 0. The second kappa shape index (κ2) is 8.29. The van der Waals surface area contributed by atoms with Crippen LogP contribution in [0.15, 0.2) is 29.4 Å². The summed E-state index contributed by atoms with van der Waals surface area (Å²) in [6.07, 6.45) is 4.64. The lowest BCUT2D eigenvalue weighted by Gasteiger charge is -2.26. The van der Waals surface area contributed by atoms with Crippen molar-refractivity contribution in [1.82, 2.24) is 14.3 Å². The van der Waals surface area contributed by atoms with Gasteiger partial charge >= 0.3 is 0 Å². The molecular formula is C21H22ClN3O4S2. The van der Waals surface area contributed by atoms with Crippen molar-refractivity contribution in [2.75, 3.05) is 26.3 Å². The number of hydrogen-bond acceptors (Lipinski definition) is 7. The van der Waals surface area contributed by atoms with E-state index in [-0.39, 0.29) is 9.92 Å². The first-order valence-corrected chi connectivity index (χ1v) is 12.9. The Labute approximate surface area is 190 Å². The molecule has 1 fully saturated rings. The molecule has 31 heavy (non-hydrogen) atoms. The van der Waals surface area contributed by atoms with Gasteiger partial charge in [-0.1, -0.05) is 18.5 Å². The molecule has 0 N–H and O–H groups in total. The van der Waals surface area contributed by atoms with E-state index in [1.54, 1.807) is 17.4 Å². The highest BCUT2D eigenvalue weighted by Gasteiger charge is 2.28. The molecule has 0 saturated carbocycles. The molecule has 0 spiro atoms. The van der Waals surface area contributed by atoms with Gasteiger partial charge in [0.2, 0.25) is 15.9 Å². The molecule has 2 aromatic heterocycles. The molecule has 1 aliphatic heterocycles. The Hall–Kier alpha value is -1.78. The maximum Gasteiger partial charge on any atom is 0.243 e. The molecule has 1 atom stereocenters. The summed E-state index contributed by atoms with van der Waals surface area (Å²) in [5.74, 6) is 1.49. The summed E-state index contributed by atoms with van der Waals surface area (Å²) in [5, 5.41) is 1.16. The predicted molar refractivity (Wildman–Crippen MR) is 120 cm³/mol. The normalized spacial score (nSPS) is 20.0. The zero-order valence-electron chi connectivity index (χ0n) is 17.0. The number of thiophene rings is 1. The van der Waals surface area contributed by atoms with Crippen LogP contribution in [0.3, 0.4) is 0 Å². The molecule has 0 amide bonds. The number of morpholine rings is 1. The van der Waals surface area contributed by atoms with Gasteiger partial charge in [0.1, 0.15) is 16.9 Å². The fraction of sp³-hybridized carbons (Fsp3) is 0.429. The number of aromatic nitrogens is 2. The molecule has 10 heteroatoms. The van der Waals surface area contributed by atoms with Gasteiger partial charge in [0, 0.05) is 18.0 Å². The Kier molecular flexibility index (Phi) is 5.64. The van der Waals surface area contributed by atoms with Crippen molar-refractivity contribution in [1.29, 1.82) is 0 Å². The van der Waals surface area contributed by atoms with Crippen LogP contribution in [-0.4, -0.2) is 49.0 Å². The molecular weight excluding hydrogens is 458 g/mol. The molecule has 1 aromatic carbocycles. The van der Waals surface area contributed by atoms with Gasteiger partial charge in [-0.2, -0.15) is 4.31 Å². The van der Waals surface area contributed by atoms with E-state index in [4.69, 9.17) is 21.1 Å². The molecule has 7 nitrogen and oxygen atoms in total. The number of sulfonamides is 1. The van der Waals surface area contributed by atoms with Crippen LogP contribution in [0.5, 0.6) is 11.6 Å². The largest absolute Gasteiger partial charge is 0.437 e. The number of halogens is 1. The number of benzene rings is 1. The predicted octanol–water partition coefficient (Wildman–Crippen LogP) is 4.28. The van der Waals surface area contributed by atoms with Gasteiger partial charge in [0.05, 0.1) is 28.5 Å². The fourth-order valence-corrected chi connectivity index (χ4v) is 7.15. The second-order valence-electron chi connectivity index (χ2n) is 7.92. The molecule has 5 rings (SSSR count). The van der Waals surface area contributed by atoms with E-state index < -0.39 is 10.0 Å². The smallest absolute Gasteiger partial charge is 0.243 e. The van der Waals surface area contributed by atoms with Crippen LogP contribution in [-0.2, 0) is 27.6 Å². The number of nitrogens with zero attached hydrogens (tertiary/aromatic N) is 3. The Bertz CT molecular complexity index is 1240. The molecule has 1 saturated heterocycles. The quantitative estimate of drug-likeness (QED) is 0.555. The average molecular weight is 480 g/mol. The van der Waals surface area contributed by atoms with Crippen LogP contribution in [0, 0.1) is 5.92 Å². The maximum atomic E-state index is 12.9. The van der Waals surface area contributed by atoms with Crippen LogP contribution in [0.4, 0.5) is 0 Å². The number of ether oxygens (including phenoxy) is 2. The molecule has 0 radical (unpaired) electrons. The van der Waals surface area contributed by atoms with E-state index in [1.807, 2.05) is 0 Å². The first-order valence-electron chi connectivity index (χ1n) is 10.2. The van der Waals surface area contributed by atoms with E-state index >= 15 is 0 Å². The number of aryl methyl sites for hydroxylation is 1. The molecule has 164 valence electrons. The van der Waals surface area contributed by atoms with Gasteiger partial charge in [0.15, 0.2) is 0 Å². The van der Waals surface area contributed by atoms with Crippen molar-refractivity contribution in [3.05, 3.63) is 40.0 Å². The van der Waals surface area contributed by atoms with Crippen LogP contribution in [0.2, 0.25) is 5.02 Å². The van der Waals surface area contributed by atoms with Crippen molar-refractivity contribution in [2.45, 2.75) is 31.1 Å². The highest BCUT2D eigenvalue weighted by Crippen LogP contribution is 2.42. The van der Waals surface area contributed by atoms with Gasteiger partial charge in [-0.05, 0) is 48.9 Å². The van der Waals surface area contributed by atoms with Crippen LogP contribution in [0.1, 0.15) is 23.8 Å². The SMILES string of the molecule is C[C@@H]1CCc2c(sc3ncnc(Oc4ccc(S(=O)(=O)N5CCOCC5)cc4Cl)c23)C1. The van der Waals surface area contributed by atoms with E-state index in [0.29, 0.717) is 43.9 Å². The Morgan fingerprint density at radius 1 is 1.26 bits per heavy atom. The third kappa shape index (κ3) is 3.93. The topological polar surface area (TPSA) is 81.6 Å². The summed E-state index contributed by atoms with van der Waals surface area (Å²) in [7, 11) is -3.63. The third-order valence-corrected chi connectivity index (χ3v) is 9.13. The van der Waals surface area contributed by atoms with Crippen molar-refractivity contribution < 1.29 is 17.9 Å². The zero-order chi connectivity index (χ0) is 21.6. The average Bonchev–Trinajstić information content (AvgIpc) is 3.14. The van der Waals surface area contributed by atoms with Crippen molar-refractivity contribution in [2.24, 2.45) is 5.92 Å². The van der Waals surface area contributed by atoms with Crippen molar-refractivity contribution in [3.63, 3.8) is 0 Å². The highest BCUT2D eigenvalue weighted by molar-refractivity contribution is 7.89. The summed E-state index contributed by atoms with van der Waals surface area (Å²) < 4.78 is 38.5. The highest BCUT2D eigenvalue weighted by atomic mass is 35.5. The monoisotopic (exact) mass is 479 g/mol. The minimum Gasteiger partial charge on any atom is -0.437 e. The number of fused-ring (bicyclic) bond motifs is 3. The van der Waals surface area contributed by atoms with E-state index in [9.17, 15) is 8.42 Å². The van der Waals surface area contributed by atoms with Crippen molar-refractivity contribution in [3.8, 4) is 11.6 Å². The molecule has 2 aliphatic rings. The summed E-state index contributed by atoms with van der Waals surface area (Å²) >= 11 is 8.13. The first-order chi connectivity index (χ1) is 14.9. The van der Waals surface area contributed by atoms with E-state index in [1.165, 1.54) is 33.2 Å². The molecule has 3 aromatic rings. The summed E-state index contributed by atoms with van der Waals surface area (Å²) in [5.41, 5.74) is 1.26. The van der Waals surface area contributed by atoms with Gasteiger partial charge in [-0.15, -0.1) is 11.3 Å². The zero-order valence-corrected chi connectivity index (χ0v) is 19.4. The lowest BCUT2D eigenvalue weighted by atomic mass is 9.89.